The predicted molar refractivity (Wildman–Crippen MR) is 90.3 cm³/mol. The Bertz CT molecular complexity index is 679. The van der Waals surface area contributed by atoms with Crippen molar-refractivity contribution < 1.29 is 4.39 Å². The summed E-state index contributed by atoms with van der Waals surface area (Å²) in [6.45, 7) is 4.57. The number of aromatic nitrogens is 3. The number of rotatable bonds is 4. The zero-order valence-corrected chi connectivity index (χ0v) is 14.3. The van der Waals surface area contributed by atoms with Crippen LogP contribution in [0.5, 0.6) is 0 Å². The fourth-order valence-corrected chi connectivity index (χ4v) is 4.82. The number of fused-ring (bicyclic) bond motifs is 1. The molecule has 1 aromatic carbocycles. The van der Waals surface area contributed by atoms with Gasteiger partial charge < -0.3 is 0 Å². The molecule has 0 amide bonds. The van der Waals surface area contributed by atoms with Crippen LogP contribution in [0.1, 0.15) is 56.7 Å². The monoisotopic (exact) mass is 331 g/mol. The third-order valence-electron chi connectivity index (χ3n) is 5.17. The second kappa shape index (κ2) is 5.93. The molecule has 23 heavy (non-hydrogen) atoms. The van der Waals surface area contributed by atoms with Gasteiger partial charge in [0.25, 0.3) is 0 Å². The summed E-state index contributed by atoms with van der Waals surface area (Å²) in [6, 6.07) is 10.0. The fraction of sp³-hybridized carbons (Fsp3) is 0.556. The van der Waals surface area contributed by atoms with Gasteiger partial charge in [0.15, 0.2) is 12.0 Å². The van der Waals surface area contributed by atoms with Gasteiger partial charge in [-0.3, -0.25) is 0 Å². The summed E-state index contributed by atoms with van der Waals surface area (Å²) in [5.41, 5.74) is 1.11. The average molecular weight is 331 g/mol. The lowest BCUT2D eigenvalue weighted by Gasteiger charge is -2.36. The first-order valence-corrected chi connectivity index (χ1v) is 9.32. The number of nitrogens with zero attached hydrogens (tertiary/aromatic N) is 3. The summed E-state index contributed by atoms with van der Waals surface area (Å²) in [5.74, 6) is 2.08. The Labute approximate surface area is 140 Å². The molecule has 0 radical (unpaired) electrons. The lowest BCUT2D eigenvalue weighted by Crippen LogP contribution is -2.29. The maximum Gasteiger partial charge on any atom is 0.209 e. The van der Waals surface area contributed by atoms with Crippen LogP contribution < -0.4 is 0 Å². The molecule has 1 saturated carbocycles. The molecule has 1 aliphatic heterocycles. The largest absolute Gasteiger partial charge is 0.239 e. The van der Waals surface area contributed by atoms with Crippen molar-refractivity contribution in [3.63, 3.8) is 0 Å². The standard InChI is InChI=1S/C18H22FN3S/c1-11(2)13-8-14(9-13)23-18-20-17-15(19)10-16(22(17)21-18)12-6-4-3-5-7-12/h3-7,11,13-16H,8-10H2,1-2H3/t13?,14?,15-,16-/m0/s1. The molecule has 5 heteroatoms. The van der Waals surface area contributed by atoms with E-state index in [0.717, 1.165) is 22.6 Å². The zero-order chi connectivity index (χ0) is 16.0. The molecule has 0 spiro atoms. The number of hydrogen-bond donors (Lipinski definition) is 0. The van der Waals surface area contributed by atoms with Crippen LogP contribution in [0.15, 0.2) is 35.5 Å². The summed E-state index contributed by atoms with van der Waals surface area (Å²) in [4.78, 5) is 4.48. The Morgan fingerprint density at radius 3 is 2.61 bits per heavy atom. The van der Waals surface area contributed by atoms with Gasteiger partial charge >= 0.3 is 0 Å². The summed E-state index contributed by atoms with van der Waals surface area (Å²) >= 11 is 1.73. The van der Waals surface area contributed by atoms with Gasteiger partial charge in [-0.25, -0.2) is 14.1 Å². The van der Waals surface area contributed by atoms with Gasteiger partial charge in [0.1, 0.15) is 0 Å². The molecule has 0 saturated heterocycles. The van der Waals surface area contributed by atoms with E-state index in [-0.39, 0.29) is 6.04 Å². The van der Waals surface area contributed by atoms with Crippen molar-refractivity contribution in [2.45, 2.75) is 55.7 Å². The number of halogens is 1. The van der Waals surface area contributed by atoms with Gasteiger partial charge in [0.2, 0.25) is 5.16 Å². The van der Waals surface area contributed by atoms with Crippen molar-refractivity contribution >= 4 is 11.8 Å². The molecule has 1 aromatic heterocycles. The van der Waals surface area contributed by atoms with Gasteiger partial charge in [-0.05, 0) is 30.2 Å². The molecule has 1 aliphatic carbocycles. The molecule has 0 unspecified atom stereocenters. The summed E-state index contributed by atoms with van der Waals surface area (Å²) in [6.07, 6.45) is 1.90. The Morgan fingerprint density at radius 2 is 1.91 bits per heavy atom. The Morgan fingerprint density at radius 1 is 1.17 bits per heavy atom. The molecular formula is C18H22FN3S. The fourth-order valence-electron chi connectivity index (χ4n) is 3.56. The first kappa shape index (κ1) is 15.2. The Hall–Kier alpha value is -1.36. The molecule has 1 fully saturated rings. The van der Waals surface area contributed by atoms with E-state index in [4.69, 9.17) is 0 Å². The molecule has 122 valence electrons. The van der Waals surface area contributed by atoms with Crippen molar-refractivity contribution in [1.82, 2.24) is 14.8 Å². The lowest BCUT2D eigenvalue weighted by atomic mass is 9.77. The van der Waals surface area contributed by atoms with Crippen molar-refractivity contribution in [3.05, 3.63) is 41.7 Å². The van der Waals surface area contributed by atoms with Crippen LogP contribution in [-0.4, -0.2) is 20.0 Å². The molecule has 2 heterocycles. The quantitative estimate of drug-likeness (QED) is 0.805. The number of thioether (sulfide) groups is 1. The van der Waals surface area contributed by atoms with E-state index in [0.29, 0.717) is 17.5 Å². The van der Waals surface area contributed by atoms with E-state index in [1.807, 2.05) is 30.3 Å². The van der Waals surface area contributed by atoms with E-state index in [1.165, 1.54) is 12.8 Å². The van der Waals surface area contributed by atoms with Crippen molar-refractivity contribution in [3.8, 4) is 0 Å². The minimum Gasteiger partial charge on any atom is -0.239 e. The minimum atomic E-state index is -1.01. The number of alkyl halides is 1. The van der Waals surface area contributed by atoms with Crippen LogP contribution in [0.25, 0.3) is 0 Å². The first-order chi connectivity index (χ1) is 11.1. The van der Waals surface area contributed by atoms with E-state index in [1.54, 1.807) is 16.4 Å². The third-order valence-corrected chi connectivity index (χ3v) is 6.28. The summed E-state index contributed by atoms with van der Waals surface area (Å²) < 4.78 is 16.1. The topological polar surface area (TPSA) is 30.7 Å². The van der Waals surface area contributed by atoms with Crippen molar-refractivity contribution in [2.24, 2.45) is 11.8 Å². The summed E-state index contributed by atoms with van der Waals surface area (Å²) in [5, 5.41) is 5.96. The molecule has 4 rings (SSSR count). The second-order valence-corrected chi connectivity index (χ2v) is 8.31. The van der Waals surface area contributed by atoms with Crippen LogP contribution >= 0.6 is 11.8 Å². The number of benzene rings is 1. The average Bonchev–Trinajstić information content (AvgIpc) is 3.03. The van der Waals surface area contributed by atoms with Crippen molar-refractivity contribution in [2.75, 3.05) is 0 Å². The highest BCUT2D eigenvalue weighted by Gasteiger charge is 2.37. The van der Waals surface area contributed by atoms with Gasteiger partial charge in [-0.1, -0.05) is 55.9 Å². The Balaban J connectivity index is 1.50. The highest BCUT2D eigenvalue weighted by Crippen LogP contribution is 2.45. The molecule has 3 nitrogen and oxygen atoms in total. The Kier molecular flexibility index (Phi) is 3.92. The van der Waals surface area contributed by atoms with E-state index >= 15 is 0 Å². The van der Waals surface area contributed by atoms with Gasteiger partial charge in [0.05, 0.1) is 6.04 Å². The molecule has 0 N–H and O–H groups in total. The molecule has 2 atom stereocenters. The van der Waals surface area contributed by atoms with Gasteiger partial charge in [-0.2, -0.15) is 0 Å². The van der Waals surface area contributed by atoms with E-state index < -0.39 is 6.17 Å². The van der Waals surface area contributed by atoms with Crippen LogP contribution in [0.4, 0.5) is 4.39 Å². The predicted octanol–water partition coefficient (Wildman–Crippen LogP) is 4.81. The van der Waals surface area contributed by atoms with Crippen LogP contribution in [0.2, 0.25) is 0 Å². The number of hydrogen-bond acceptors (Lipinski definition) is 3. The maximum absolute atomic E-state index is 14.3. The van der Waals surface area contributed by atoms with E-state index in [9.17, 15) is 4.39 Å². The normalized spacial score (nSPS) is 29.6. The molecule has 2 aliphatic rings. The first-order valence-electron chi connectivity index (χ1n) is 8.44. The summed E-state index contributed by atoms with van der Waals surface area (Å²) in [7, 11) is 0. The van der Waals surface area contributed by atoms with E-state index in [2.05, 4.69) is 23.9 Å². The smallest absolute Gasteiger partial charge is 0.209 e. The molecule has 0 bridgehead atoms. The molecule has 2 aromatic rings. The van der Waals surface area contributed by atoms with Crippen molar-refractivity contribution in [1.29, 1.82) is 0 Å². The van der Waals surface area contributed by atoms with Gasteiger partial charge in [0, 0.05) is 11.7 Å². The highest BCUT2D eigenvalue weighted by atomic mass is 32.2. The third kappa shape index (κ3) is 2.80. The van der Waals surface area contributed by atoms with Crippen LogP contribution in [0.3, 0.4) is 0 Å². The highest BCUT2D eigenvalue weighted by molar-refractivity contribution is 7.99. The van der Waals surface area contributed by atoms with Crippen LogP contribution in [-0.2, 0) is 0 Å². The molecular weight excluding hydrogens is 309 g/mol. The maximum atomic E-state index is 14.3. The SMILES string of the molecule is CC(C)C1CC(Sc2nc3n(n2)[C@H](c2ccccc2)C[C@@H]3F)C1. The zero-order valence-electron chi connectivity index (χ0n) is 13.5. The van der Waals surface area contributed by atoms with Gasteiger partial charge in [-0.15, -0.1) is 5.10 Å². The lowest BCUT2D eigenvalue weighted by molar-refractivity contribution is 0.244. The second-order valence-electron chi connectivity index (χ2n) is 7.04. The minimum absolute atomic E-state index is 0.0205. The van der Waals surface area contributed by atoms with Crippen LogP contribution in [0, 0.1) is 11.8 Å².